The molecular weight excluding hydrogens is 496 g/mol. The molecule has 3 heterocycles. The van der Waals surface area contributed by atoms with Crippen LogP contribution in [-0.2, 0) is 33.4 Å². The van der Waals surface area contributed by atoms with Gasteiger partial charge < -0.3 is 28.8 Å². The van der Waals surface area contributed by atoms with Gasteiger partial charge in [0.25, 0.3) is 0 Å². The number of cyclic esters (lactones) is 1. The third-order valence-electron chi connectivity index (χ3n) is 10.1. The highest BCUT2D eigenvalue weighted by Gasteiger charge is 2.88. The van der Waals surface area contributed by atoms with Gasteiger partial charge in [0, 0.05) is 35.7 Å². The molecule has 0 aromatic carbocycles. The Morgan fingerprint density at radius 2 is 1.87 bits per heavy atom. The molecule has 1 spiro atoms. The molecule has 10 heteroatoms. The number of esters is 2. The fourth-order valence-corrected chi connectivity index (χ4v) is 8.50. The van der Waals surface area contributed by atoms with Crippen molar-refractivity contribution >= 4 is 23.7 Å². The fourth-order valence-electron chi connectivity index (χ4n) is 8.50. The van der Waals surface area contributed by atoms with Crippen molar-refractivity contribution in [1.29, 1.82) is 0 Å². The smallest absolute Gasteiger partial charge is 0.339 e. The largest absolute Gasteiger partial charge is 0.478 e. The summed E-state index contributed by atoms with van der Waals surface area (Å²) in [5, 5.41) is 21.0. The number of aliphatic hydroxyl groups is 1. The lowest BCUT2D eigenvalue weighted by molar-refractivity contribution is -0.219. The lowest BCUT2D eigenvalue weighted by Crippen LogP contribution is -2.71. The van der Waals surface area contributed by atoms with Gasteiger partial charge in [-0.15, -0.1) is 0 Å². The Kier molecular flexibility index (Phi) is 5.62. The van der Waals surface area contributed by atoms with Crippen LogP contribution in [0.5, 0.6) is 0 Å². The van der Waals surface area contributed by atoms with Gasteiger partial charge in [-0.2, -0.15) is 0 Å². The molecule has 10 nitrogen and oxygen atoms in total. The van der Waals surface area contributed by atoms with Crippen molar-refractivity contribution < 1.29 is 48.0 Å². The van der Waals surface area contributed by atoms with Crippen LogP contribution in [0.2, 0.25) is 0 Å². The summed E-state index contributed by atoms with van der Waals surface area (Å²) in [5.74, 6) is -4.36. The molecule has 2 aliphatic heterocycles. The van der Waals surface area contributed by atoms with E-state index in [0.717, 1.165) is 6.08 Å². The molecule has 4 aliphatic rings. The molecule has 0 radical (unpaired) electrons. The molecule has 0 amide bonds. The number of carboxylic acid groups (broad SMARTS) is 1. The summed E-state index contributed by atoms with van der Waals surface area (Å²) in [6.45, 7) is 9.76. The number of Topliss-reactive ketones (excluding diaryl/α,β-unsaturated/α-hetero) is 1. The van der Waals surface area contributed by atoms with Gasteiger partial charge in [-0.3, -0.25) is 9.59 Å². The van der Waals surface area contributed by atoms with Crippen LogP contribution >= 0.6 is 0 Å². The first kappa shape index (κ1) is 26.6. The van der Waals surface area contributed by atoms with Crippen LogP contribution in [0.25, 0.3) is 0 Å². The molecule has 5 rings (SSSR count). The highest BCUT2D eigenvalue weighted by molar-refractivity contribution is 5.93. The number of furan rings is 1. The molecule has 0 unspecified atom stereocenters. The monoisotopic (exact) mass is 530 g/mol. The minimum Gasteiger partial charge on any atom is -0.478 e. The first-order valence-corrected chi connectivity index (χ1v) is 12.8. The third-order valence-corrected chi connectivity index (χ3v) is 10.1. The van der Waals surface area contributed by atoms with Gasteiger partial charge >= 0.3 is 17.9 Å². The maximum absolute atomic E-state index is 14.3. The number of rotatable bonds is 5. The summed E-state index contributed by atoms with van der Waals surface area (Å²) in [5.41, 5.74) is -5.39. The van der Waals surface area contributed by atoms with Crippen LogP contribution in [0.15, 0.2) is 34.8 Å². The van der Waals surface area contributed by atoms with Crippen molar-refractivity contribution in [3.63, 3.8) is 0 Å². The standard InChI is InChI=1S/C28H34O10/c1-14(29)36-19(12-20(31)32)26(5)16-7-9-25(4)21(15-8-10-35-13-15)37-23(33)22-28(25,38-22)27(16,6)18(30)11-17(26)24(2,3)34/h8,10,12-13,16-17,21-22,34H,7,9,11H2,1-6H3,(H,31,32)/b19-12-/t16-,17+,21+,22-,25+,26-,27+,28-/m1/s1. The van der Waals surface area contributed by atoms with E-state index in [-0.39, 0.29) is 18.0 Å². The number of carbonyl (C=O) groups is 4. The Morgan fingerprint density at radius 1 is 1.18 bits per heavy atom. The Morgan fingerprint density at radius 3 is 2.42 bits per heavy atom. The Bertz CT molecular complexity index is 1240. The van der Waals surface area contributed by atoms with E-state index in [1.165, 1.54) is 19.5 Å². The molecule has 4 fully saturated rings. The predicted octanol–water partition coefficient (Wildman–Crippen LogP) is 3.34. The van der Waals surface area contributed by atoms with Gasteiger partial charge in [-0.05, 0) is 45.6 Å². The van der Waals surface area contributed by atoms with Gasteiger partial charge in [0.2, 0.25) is 0 Å². The Hall–Kier alpha value is -2.98. The molecular formula is C28H34O10. The van der Waals surface area contributed by atoms with Crippen LogP contribution in [0, 0.1) is 28.1 Å². The minimum atomic E-state index is -1.43. The summed E-state index contributed by atoms with van der Waals surface area (Å²) in [6, 6.07) is 1.72. The second kappa shape index (κ2) is 8.02. The summed E-state index contributed by atoms with van der Waals surface area (Å²) < 4.78 is 23.0. The first-order valence-electron chi connectivity index (χ1n) is 12.8. The van der Waals surface area contributed by atoms with Crippen molar-refractivity contribution in [1.82, 2.24) is 0 Å². The quantitative estimate of drug-likeness (QED) is 0.251. The van der Waals surface area contributed by atoms with Crippen LogP contribution in [-0.4, -0.2) is 51.2 Å². The number of ether oxygens (including phenoxy) is 3. The van der Waals surface area contributed by atoms with Crippen LogP contribution in [0.4, 0.5) is 0 Å². The molecule has 2 aliphatic carbocycles. The number of allylic oxidation sites excluding steroid dienone is 1. The predicted molar refractivity (Wildman–Crippen MR) is 129 cm³/mol. The zero-order valence-electron chi connectivity index (χ0n) is 22.4. The summed E-state index contributed by atoms with van der Waals surface area (Å²) in [4.78, 5) is 51.5. The number of fused-ring (bicyclic) bond motifs is 1. The zero-order valence-corrected chi connectivity index (χ0v) is 22.4. The van der Waals surface area contributed by atoms with Crippen LogP contribution in [0.1, 0.15) is 72.5 Å². The zero-order chi connectivity index (χ0) is 28.1. The number of hydrogen-bond acceptors (Lipinski definition) is 9. The molecule has 38 heavy (non-hydrogen) atoms. The molecule has 206 valence electrons. The highest BCUT2D eigenvalue weighted by atomic mass is 16.7. The van der Waals surface area contributed by atoms with Crippen LogP contribution in [0.3, 0.4) is 0 Å². The molecule has 8 atom stereocenters. The number of hydrogen-bond donors (Lipinski definition) is 2. The van der Waals surface area contributed by atoms with Gasteiger partial charge in [0.05, 0.1) is 29.6 Å². The van der Waals surface area contributed by atoms with E-state index in [2.05, 4.69) is 0 Å². The third kappa shape index (κ3) is 3.19. The topological polar surface area (TPSA) is 153 Å². The number of epoxide rings is 1. The lowest BCUT2D eigenvalue weighted by atomic mass is 9.37. The SMILES string of the molecule is CC(=O)O/C(=C\C(=O)O)[C@]1(C)[C@H]2CC[C@@]3(C)[C@H](c4ccoc4)OC(=O)[C@H]4O[C@]43[C@]2(C)C(=O)C[C@H]1C(C)(C)O. The fraction of sp³-hybridized carbons (Fsp3) is 0.643. The first-order chi connectivity index (χ1) is 17.5. The minimum absolute atomic E-state index is 0.129. The number of ketones is 1. The van der Waals surface area contributed by atoms with E-state index in [1.807, 2.05) is 6.92 Å². The average Bonchev–Trinajstić information content (AvgIpc) is 3.37. The normalized spacial score (nSPS) is 42.3. The molecule has 0 bridgehead atoms. The van der Waals surface area contributed by atoms with Crippen molar-refractivity contribution in [2.75, 3.05) is 0 Å². The van der Waals surface area contributed by atoms with E-state index in [9.17, 15) is 29.4 Å². The lowest BCUT2D eigenvalue weighted by Gasteiger charge is -2.65. The summed E-state index contributed by atoms with van der Waals surface area (Å²) in [7, 11) is 0. The van der Waals surface area contributed by atoms with E-state index in [0.29, 0.717) is 18.4 Å². The van der Waals surface area contributed by atoms with Gasteiger partial charge in [-0.1, -0.05) is 13.8 Å². The van der Waals surface area contributed by atoms with Gasteiger partial charge in [0.15, 0.2) is 6.10 Å². The Labute approximate surface area is 220 Å². The molecule has 1 aromatic heterocycles. The maximum Gasteiger partial charge on any atom is 0.339 e. The second-order valence-electron chi connectivity index (χ2n) is 12.4. The number of carboxylic acids is 1. The van der Waals surface area contributed by atoms with E-state index >= 15 is 0 Å². The van der Waals surface area contributed by atoms with Crippen molar-refractivity contribution in [2.45, 2.75) is 84.2 Å². The van der Waals surface area contributed by atoms with Crippen LogP contribution < -0.4 is 0 Å². The van der Waals surface area contributed by atoms with Crippen molar-refractivity contribution in [2.24, 2.45) is 28.1 Å². The van der Waals surface area contributed by atoms with Gasteiger partial charge in [-0.25, -0.2) is 9.59 Å². The summed E-state index contributed by atoms with van der Waals surface area (Å²) in [6.07, 6.45) is 2.86. The van der Waals surface area contributed by atoms with E-state index in [4.69, 9.17) is 18.6 Å². The summed E-state index contributed by atoms with van der Waals surface area (Å²) >= 11 is 0. The van der Waals surface area contributed by atoms with Gasteiger partial charge in [0.1, 0.15) is 23.2 Å². The maximum atomic E-state index is 14.3. The number of carbonyl (C=O) groups excluding carboxylic acids is 3. The molecule has 1 aromatic rings. The highest BCUT2D eigenvalue weighted by Crippen LogP contribution is 2.78. The number of aliphatic carboxylic acids is 1. The molecule has 2 N–H and O–H groups in total. The van der Waals surface area contributed by atoms with E-state index < -0.39 is 69.4 Å². The second-order valence-corrected chi connectivity index (χ2v) is 12.4. The molecule has 2 saturated heterocycles. The molecule has 2 saturated carbocycles. The average molecular weight is 531 g/mol. The van der Waals surface area contributed by atoms with E-state index in [1.54, 1.807) is 33.8 Å². The Balaban J connectivity index is 1.73. The van der Waals surface area contributed by atoms with Crippen molar-refractivity contribution in [3.05, 3.63) is 36.0 Å². The van der Waals surface area contributed by atoms with Crippen molar-refractivity contribution in [3.8, 4) is 0 Å².